The molecule has 0 spiro atoms. The molecule has 1 rings (SSSR count). The Hall–Kier alpha value is -1.26. The van der Waals surface area contributed by atoms with Crippen LogP contribution in [-0.2, 0) is 4.79 Å². The van der Waals surface area contributed by atoms with Gasteiger partial charge in [0.25, 0.3) is 0 Å². The molecule has 0 radical (unpaired) electrons. The van der Waals surface area contributed by atoms with Crippen molar-refractivity contribution in [2.24, 2.45) is 10.9 Å². The molecule has 3 N–H and O–H groups in total. The molecule has 0 atom stereocenters. The van der Waals surface area contributed by atoms with E-state index in [1.807, 2.05) is 13.8 Å². The van der Waals surface area contributed by atoms with Crippen molar-refractivity contribution in [1.82, 2.24) is 16.0 Å². The predicted molar refractivity (Wildman–Crippen MR) is 97.7 cm³/mol. The van der Waals surface area contributed by atoms with Crippen LogP contribution in [0.15, 0.2) is 4.99 Å². The van der Waals surface area contributed by atoms with Gasteiger partial charge in [0.05, 0.1) is 0 Å². The number of unbranched alkanes of at least 4 members (excludes halogenated alkanes) is 1. The van der Waals surface area contributed by atoms with E-state index in [4.69, 9.17) is 0 Å². The van der Waals surface area contributed by atoms with Crippen LogP contribution in [0.2, 0.25) is 0 Å². The standard InChI is InChI=1S/C18H36N4O/c1-4-19-18(21-14-12-17(23)22-15(2)3)20-13-8-7-11-16-9-5-6-10-16/h15-16H,4-14H2,1-3H3,(H,22,23)(H2,19,20,21). The minimum absolute atomic E-state index is 0.0833. The topological polar surface area (TPSA) is 65.5 Å². The number of nitrogens with zero attached hydrogens (tertiary/aromatic N) is 1. The third kappa shape index (κ3) is 10.2. The van der Waals surface area contributed by atoms with E-state index >= 15 is 0 Å². The Bertz CT molecular complexity index is 349. The first-order valence-corrected chi connectivity index (χ1v) is 9.43. The number of aliphatic imine (C=N–C) groups is 1. The summed E-state index contributed by atoms with van der Waals surface area (Å²) in [5.74, 6) is 1.88. The Morgan fingerprint density at radius 2 is 1.91 bits per heavy atom. The first-order chi connectivity index (χ1) is 11.1. The van der Waals surface area contributed by atoms with Gasteiger partial charge in [-0.1, -0.05) is 38.5 Å². The van der Waals surface area contributed by atoms with Crippen molar-refractivity contribution < 1.29 is 4.79 Å². The van der Waals surface area contributed by atoms with E-state index in [0.717, 1.165) is 31.4 Å². The van der Waals surface area contributed by atoms with Crippen LogP contribution in [0, 0.1) is 5.92 Å². The average Bonchev–Trinajstić information content (AvgIpc) is 2.99. The van der Waals surface area contributed by atoms with Gasteiger partial charge in [-0.15, -0.1) is 0 Å². The summed E-state index contributed by atoms with van der Waals surface area (Å²) in [7, 11) is 0. The van der Waals surface area contributed by atoms with Crippen LogP contribution in [0.5, 0.6) is 0 Å². The van der Waals surface area contributed by atoms with E-state index in [9.17, 15) is 4.79 Å². The number of hydrogen-bond donors (Lipinski definition) is 3. The van der Waals surface area contributed by atoms with E-state index in [1.165, 1.54) is 38.5 Å². The van der Waals surface area contributed by atoms with E-state index < -0.39 is 0 Å². The zero-order chi connectivity index (χ0) is 16.9. The van der Waals surface area contributed by atoms with Crippen molar-refractivity contribution >= 4 is 11.9 Å². The molecular formula is C18H36N4O. The van der Waals surface area contributed by atoms with Crippen LogP contribution in [0.3, 0.4) is 0 Å². The Morgan fingerprint density at radius 1 is 1.17 bits per heavy atom. The maximum Gasteiger partial charge on any atom is 0.221 e. The summed E-state index contributed by atoms with van der Waals surface area (Å²) < 4.78 is 0. The van der Waals surface area contributed by atoms with Crippen LogP contribution in [0.1, 0.15) is 72.1 Å². The molecule has 0 aromatic heterocycles. The molecule has 5 heteroatoms. The molecule has 1 fully saturated rings. The Balaban J connectivity index is 2.14. The highest BCUT2D eigenvalue weighted by molar-refractivity contribution is 5.81. The van der Waals surface area contributed by atoms with Crippen molar-refractivity contribution in [2.75, 3.05) is 19.6 Å². The molecule has 0 aromatic carbocycles. The second-order valence-corrected chi connectivity index (χ2v) is 6.81. The summed E-state index contributed by atoms with van der Waals surface area (Å²) in [6, 6.07) is 0.198. The van der Waals surface area contributed by atoms with Crippen LogP contribution in [0.25, 0.3) is 0 Å². The van der Waals surface area contributed by atoms with Gasteiger partial charge in [-0.3, -0.25) is 9.79 Å². The van der Waals surface area contributed by atoms with Crippen molar-refractivity contribution in [3.05, 3.63) is 0 Å². The number of rotatable bonds is 10. The number of amides is 1. The SMILES string of the molecule is CCNC(=NCCCCC1CCCC1)NCCC(=O)NC(C)C. The number of guanidine groups is 1. The first kappa shape index (κ1) is 19.8. The van der Waals surface area contributed by atoms with Gasteiger partial charge >= 0.3 is 0 Å². The summed E-state index contributed by atoms with van der Waals surface area (Å²) in [5, 5.41) is 9.37. The predicted octanol–water partition coefficient (Wildman–Crippen LogP) is 2.82. The monoisotopic (exact) mass is 324 g/mol. The second kappa shape index (κ2) is 12.2. The van der Waals surface area contributed by atoms with Crippen LogP contribution in [0.4, 0.5) is 0 Å². The molecule has 1 amide bonds. The summed E-state index contributed by atoms with van der Waals surface area (Å²) in [5.41, 5.74) is 0. The van der Waals surface area contributed by atoms with Gasteiger partial charge < -0.3 is 16.0 Å². The Kier molecular flexibility index (Phi) is 10.5. The van der Waals surface area contributed by atoms with Crippen LogP contribution < -0.4 is 16.0 Å². The smallest absolute Gasteiger partial charge is 0.221 e. The molecule has 0 heterocycles. The number of carbonyl (C=O) groups is 1. The molecule has 5 nitrogen and oxygen atoms in total. The van der Waals surface area contributed by atoms with Gasteiger partial charge in [0.2, 0.25) is 5.91 Å². The van der Waals surface area contributed by atoms with Crippen molar-refractivity contribution in [3.8, 4) is 0 Å². The van der Waals surface area contributed by atoms with E-state index in [2.05, 4.69) is 27.9 Å². The molecule has 0 unspecified atom stereocenters. The van der Waals surface area contributed by atoms with E-state index in [1.54, 1.807) is 0 Å². The lowest BCUT2D eigenvalue weighted by atomic mass is 10.0. The largest absolute Gasteiger partial charge is 0.357 e. The number of hydrogen-bond acceptors (Lipinski definition) is 2. The summed E-state index contributed by atoms with van der Waals surface area (Å²) in [6.45, 7) is 8.33. The molecule has 134 valence electrons. The first-order valence-electron chi connectivity index (χ1n) is 9.43. The third-order valence-corrected chi connectivity index (χ3v) is 4.20. The summed E-state index contributed by atoms with van der Waals surface area (Å²) in [6.07, 6.45) is 10.0. The molecule has 23 heavy (non-hydrogen) atoms. The maximum atomic E-state index is 11.6. The molecule has 0 aromatic rings. The fourth-order valence-corrected chi connectivity index (χ4v) is 3.07. The van der Waals surface area contributed by atoms with Crippen LogP contribution in [-0.4, -0.2) is 37.5 Å². The zero-order valence-corrected chi connectivity index (χ0v) is 15.3. The molecule has 1 aliphatic rings. The van der Waals surface area contributed by atoms with Gasteiger partial charge in [0.1, 0.15) is 0 Å². The highest BCUT2D eigenvalue weighted by Gasteiger charge is 2.13. The maximum absolute atomic E-state index is 11.6. The Labute approximate surface area is 142 Å². The summed E-state index contributed by atoms with van der Waals surface area (Å²) in [4.78, 5) is 16.2. The zero-order valence-electron chi connectivity index (χ0n) is 15.3. The van der Waals surface area contributed by atoms with Crippen LogP contribution >= 0.6 is 0 Å². The van der Waals surface area contributed by atoms with Crippen molar-refractivity contribution in [2.45, 2.75) is 78.2 Å². The molecule has 1 saturated carbocycles. The number of carbonyl (C=O) groups excluding carboxylic acids is 1. The third-order valence-electron chi connectivity index (χ3n) is 4.20. The van der Waals surface area contributed by atoms with Gasteiger partial charge in [0.15, 0.2) is 5.96 Å². The Morgan fingerprint density at radius 3 is 2.57 bits per heavy atom. The molecule has 1 aliphatic carbocycles. The molecular weight excluding hydrogens is 288 g/mol. The average molecular weight is 325 g/mol. The van der Waals surface area contributed by atoms with Gasteiger partial charge in [-0.2, -0.15) is 0 Å². The van der Waals surface area contributed by atoms with E-state index in [0.29, 0.717) is 13.0 Å². The molecule has 0 saturated heterocycles. The van der Waals surface area contributed by atoms with E-state index in [-0.39, 0.29) is 11.9 Å². The minimum Gasteiger partial charge on any atom is -0.357 e. The molecule has 0 aliphatic heterocycles. The van der Waals surface area contributed by atoms with Crippen molar-refractivity contribution in [3.63, 3.8) is 0 Å². The minimum atomic E-state index is 0.0833. The fourth-order valence-electron chi connectivity index (χ4n) is 3.07. The number of nitrogens with one attached hydrogen (secondary N) is 3. The lowest BCUT2D eigenvalue weighted by Crippen LogP contribution is -2.40. The highest BCUT2D eigenvalue weighted by atomic mass is 16.1. The normalized spacial score (nSPS) is 15.9. The highest BCUT2D eigenvalue weighted by Crippen LogP contribution is 2.28. The summed E-state index contributed by atoms with van der Waals surface area (Å²) >= 11 is 0. The lowest BCUT2D eigenvalue weighted by Gasteiger charge is -2.12. The fraction of sp³-hybridized carbons (Fsp3) is 0.889. The second-order valence-electron chi connectivity index (χ2n) is 6.81. The van der Waals surface area contributed by atoms with Gasteiger partial charge in [-0.25, -0.2) is 0 Å². The quantitative estimate of drug-likeness (QED) is 0.329. The molecule has 0 bridgehead atoms. The van der Waals surface area contributed by atoms with Crippen molar-refractivity contribution in [1.29, 1.82) is 0 Å². The van der Waals surface area contributed by atoms with Gasteiger partial charge in [-0.05, 0) is 33.1 Å². The van der Waals surface area contributed by atoms with Gasteiger partial charge in [0, 0.05) is 32.1 Å². The lowest BCUT2D eigenvalue weighted by molar-refractivity contribution is -0.121.